The van der Waals surface area contributed by atoms with Crippen LogP contribution in [-0.4, -0.2) is 25.3 Å². The van der Waals surface area contributed by atoms with Crippen LogP contribution in [0.15, 0.2) is 46.6 Å². The third-order valence-electron chi connectivity index (χ3n) is 4.13. The van der Waals surface area contributed by atoms with E-state index in [-0.39, 0.29) is 11.8 Å². The van der Waals surface area contributed by atoms with Crippen LogP contribution >= 0.6 is 23.1 Å². The molecule has 0 unspecified atom stereocenters. The molecule has 5 rings (SSSR count). The number of nitrogens with one attached hydrogen (secondary N) is 1. The van der Waals surface area contributed by atoms with Crippen molar-refractivity contribution in [2.45, 2.75) is 22.8 Å². The zero-order valence-electron chi connectivity index (χ0n) is 13.5. The Balaban J connectivity index is 1.42. The summed E-state index contributed by atoms with van der Waals surface area (Å²) in [4.78, 5) is 26.0. The van der Waals surface area contributed by atoms with E-state index in [1.807, 2.05) is 22.7 Å². The molecular formula is C17H14N6OS2. The zero-order chi connectivity index (χ0) is 17.7. The topological polar surface area (TPSA) is 98.2 Å². The van der Waals surface area contributed by atoms with Gasteiger partial charge in [-0.25, -0.2) is 9.97 Å². The Labute approximate surface area is 156 Å². The predicted octanol–water partition coefficient (Wildman–Crippen LogP) is 3.42. The van der Waals surface area contributed by atoms with Gasteiger partial charge >= 0.3 is 0 Å². The largest absolute Gasteiger partial charge is 0.384 e. The van der Waals surface area contributed by atoms with Gasteiger partial charge in [-0.2, -0.15) is 4.98 Å². The van der Waals surface area contributed by atoms with E-state index < -0.39 is 0 Å². The van der Waals surface area contributed by atoms with Crippen LogP contribution in [0.3, 0.4) is 0 Å². The van der Waals surface area contributed by atoms with Crippen molar-refractivity contribution in [2.24, 2.45) is 5.92 Å². The van der Waals surface area contributed by atoms with Crippen LogP contribution < -0.4 is 11.1 Å². The van der Waals surface area contributed by atoms with Crippen molar-refractivity contribution in [3.8, 4) is 0 Å². The smallest absolute Gasteiger partial charge is 0.236 e. The molecule has 1 saturated carbocycles. The minimum atomic E-state index is 0.0798. The van der Waals surface area contributed by atoms with Crippen LogP contribution in [0, 0.1) is 5.92 Å². The minimum Gasteiger partial charge on any atom is -0.384 e. The summed E-state index contributed by atoms with van der Waals surface area (Å²) in [7, 11) is 0. The van der Waals surface area contributed by atoms with E-state index in [1.165, 1.54) is 11.3 Å². The van der Waals surface area contributed by atoms with Crippen molar-refractivity contribution >= 4 is 55.9 Å². The number of rotatable bonds is 4. The number of anilines is 2. The number of carbonyl (C=O) groups excluding carboxylic acids is 1. The molecule has 1 aromatic carbocycles. The molecule has 1 fully saturated rings. The molecule has 4 aromatic rings. The number of aromatic nitrogens is 4. The second kappa shape index (κ2) is 5.96. The molecular weight excluding hydrogens is 368 g/mol. The van der Waals surface area contributed by atoms with E-state index in [0.29, 0.717) is 16.7 Å². The maximum absolute atomic E-state index is 11.9. The fourth-order valence-corrected chi connectivity index (χ4v) is 4.52. The fourth-order valence-electron chi connectivity index (χ4n) is 2.63. The lowest BCUT2D eigenvalue weighted by Crippen LogP contribution is -2.12. The monoisotopic (exact) mass is 382 g/mol. The van der Waals surface area contributed by atoms with Crippen LogP contribution in [0.1, 0.15) is 12.8 Å². The van der Waals surface area contributed by atoms with Crippen molar-refractivity contribution in [2.75, 3.05) is 11.1 Å². The third-order valence-corrected chi connectivity index (χ3v) is 6.06. The maximum atomic E-state index is 11.9. The van der Waals surface area contributed by atoms with E-state index >= 15 is 0 Å². The SMILES string of the molecule is Nc1ccn2c(Sc3ccc4nc(NC(=O)C5CC5)sc4c3)cnc2n1. The normalized spacial score (nSPS) is 14.2. The number of imidazole rings is 1. The summed E-state index contributed by atoms with van der Waals surface area (Å²) in [5, 5.41) is 4.53. The Hall–Kier alpha value is -2.65. The van der Waals surface area contributed by atoms with Gasteiger partial charge in [-0.05, 0) is 37.1 Å². The quantitative estimate of drug-likeness (QED) is 0.561. The van der Waals surface area contributed by atoms with Gasteiger partial charge in [0.05, 0.1) is 16.4 Å². The number of nitrogens with two attached hydrogens (primary N) is 1. The Morgan fingerprint density at radius 3 is 3.04 bits per heavy atom. The van der Waals surface area contributed by atoms with Crippen molar-refractivity contribution in [3.05, 3.63) is 36.7 Å². The second-order valence-corrected chi connectivity index (χ2v) is 8.26. The minimum absolute atomic E-state index is 0.0798. The lowest BCUT2D eigenvalue weighted by Gasteiger charge is -2.01. The standard InChI is InChI=1S/C17H14N6OS2/c18-13-5-6-23-14(8-19-16(23)21-13)25-10-3-4-11-12(7-10)26-17(20-11)22-15(24)9-1-2-9/h3-9H,1-2H2,(H2,18,19,21)(H,20,22,24). The van der Waals surface area contributed by atoms with Crippen LogP contribution in [0.4, 0.5) is 10.9 Å². The number of benzene rings is 1. The highest BCUT2D eigenvalue weighted by atomic mass is 32.2. The highest BCUT2D eigenvalue weighted by Crippen LogP contribution is 2.35. The molecule has 9 heteroatoms. The van der Waals surface area contributed by atoms with Gasteiger partial charge in [-0.1, -0.05) is 23.1 Å². The Bertz CT molecular complexity index is 1150. The summed E-state index contributed by atoms with van der Waals surface area (Å²) < 4.78 is 2.94. The molecule has 1 aliphatic carbocycles. The van der Waals surface area contributed by atoms with E-state index in [4.69, 9.17) is 5.73 Å². The lowest BCUT2D eigenvalue weighted by molar-refractivity contribution is -0.117. The molecule has 7 nitrogen and oxygen atoms in total. The Kier molecular flexibility index (Phi) is 3.57. The second-order valence-electron chi connectivity index (χ2n) is 6.13. The van der Waals surface area contributed by atoms with Gasteiger partial charge in [-0.3, -0.25) is 9.20 Å². The Morgan fingerprint density at radius 1 is 1.31 bits per heavy atom. The van der Waals surface area contributed by atoms with Crippen molar-refractivity contribution < 1.29 is 4.79 Å². The van der Waals surface area contributed by atoms with Gasteiger partial charge in [0.1, 0.15) is 10.8 Å². The first-order valence-corrected chi connectivity index (χ1v) is 9.78. The molecule has 1 aliphatic rings. The molecule has 3 N–H and O–H groups in total. The highest BCUT2D eigenvalue weighted by Gasteiger charge is 2.30. The van der Waals surface area contributed by atoms with Gasteiger partial charge < -0.3 is 11.1 Å². The molecule has 3 aromatic heterocycles. The summed E-state index contributed by atoms with van der Waals surface area (Å²) in [6, 6.07) is 7.82. The molecule has 0 aliphatic heterocycles. The summed E-state index contributed by atoms with van der Waals surface area (Å²) in [5.41, 5.74) is 6.59. The van der Waals surface area contributed by atoms with Crippen LogP contribution in [0.5, 0.6) is 0 Å². The van der Waals surface area contributed by atoms with Crippen molar-refractivity contribution in [1.82, 2.24) is 19.4 Å². The van der Waals surface area contributed by atoms with Gasteiger partial charge in [0.25, 0.3) is 0 Å². The van der Waals surface area contributed by atoms with E-state index in [1.54, 1.807) is 24.0 Å². The highest BCUT2D eigenvalue weighted by molar-refractivity contribution is 7.99. The molecule has 0 bridgehead atoms. The summed E-state index contributed by atoms with van der Waals surface area (Å²) >= 11 is 3.09. The van der Waals surface area contributed by atoms with Crippen molar-refractivity contribution in [1.29, 1.82) is 0 Å². The average molecular weight is 382 g/mol. The first-order chi connectivity index (χ1) is 12.7. The first kappa shape index (κ1) is 15.6. The number of nitrogen functional groups attached to an aromatic ring is 1. The first-order valence-electron chi connectivity index (χ1n) is 8.14. The summed E-state index contributed by atoms with van der Waals surface area (Å²) in [5.74, 6) is 1.28. The molecule has 0 radical (unpaired) electrons. The number of fused-ring (bicyclic) bond motifs is 2. The zero-order valence-corrected chi connectivity index (χ0v) is 15.2. The van der Waals surface area contributed by atoms with E-state index in [0.717, 1.165) is 33.0 Å². The molecule has 0 atom stereocenters. The van der Waals surface area contributed by atoms with Gasteiger partial charge in [-0.15, -0.1) is 0 Å². The maximum Gasteiger partial charge on any atom is 0.236 e. The van der Waals surface area contributed by atoms with Crippen LogP contribution in [0.2, 0.25) is 0 Å². The number of thiazole rings is 1. The number of nitrogens with zero attached hydrogens (tertiary/aromatic N) is 4. The molecule has 0 saturated heterocycles. The van der Waals surface area contributed by atoms with Crippen LogP contribution in [0.25, 0.3) is 16.0 Å². The molecule has 1 amide bonds. The predicted molar refractivity (Wildman–Crippen MR) is 102 cm³/mol. The molecule has 3 heterocycles. The molecule has 0 spiro atoms. The third kappa shape index (κ3) is 2.89. The summed E-state index contributed by atoms with van der Waals surface area (Å²) in [6.45, 7) is 0. The number of carbonyl (C=O) groups is 1. The Morgan fingerprint density at radius 2 is 2.19 bits per heavy atom. The lowest BCUT2D eigenvalue weighted by atomic mass is 10.3. The molecule has 26 heavy (non-hydrogen) atoms. The fraction of sp³-hybridized carbons (Fsp3) is 0.176. The van der Waals surface area contributed by atoms with Gasteiger partial charge in [0, 0.05) is 17.0 Å². The summed E-state index contributed by atoms with van der Waals surface area (Å²) in [6.07, 6.45) is 5.61. The average Bonchev–Trinajstić information content (AvgIpc) is 3.30. The molecule has 130 valence electrons. The van der Waals surface area contributed by atoms with Crippen LogP contribution in [-0.2, 0) is 4.79 Å². The van der Waals surface area contributed by atoms with Gasteiger partial charge in [0.2, 0.25) is 11.7 Å². The number of hydrogen-bond acceptors (Lipinski definition) is 7. The number of hydrogen-bond donors (Lipinski definition) is 2. The van der Waals surface area contributed by atoms with E-state index in [9.17, 15) is 4.79 Å². The van der Waals surface area contributed by atoms with E-state index in [2.05, 4.69) is 26.3 Å². The van der Waals surface area contributed by atoms with Crippen molar-refractivity contribution in [3.63, 3.8) is 0 Å². The number of amides is 1. The van der Waals surface area contributed by atoms with Gasteiger partial charge in [0.15, 0.2) is 5.13 Å².